The van der Waals surface area contributed by atoms with Gasteiger partial charge in [-0.2, -0.15) is 9.97 Å². The molecule has 10 nitrogen and oxygen atoms in total. The molecule has 3 rings (SSSR count). The fourth-order valence-corrected chi connectivity index (χ4v) is 2.25. The number of aromatic amines is 1. The third-order valence-electron chi connectivity index (χ3n) is 3.26. The maximum atomic E-state index is 11.6. The van der Waals surface area contributed by atoms with Crippen LogP contribution in [0.15, 0.2) is 11.0 Å². The van der Waals surface area contributed by atoms with Crippen molar-refractivity contribution in [1.29, 1.82) is 0 Å². The Morgan fingerprint density at radius 3 is 2.80 bits per heavy atom. The highest BCUT2D eigenvalue weighted by molar-refractivity contribution is 5.55. The summed E-state index contributed by atoms with van der Waals surface area (Å²) in [7, 11) is 0. The number of hydrogen-bond donors (Lipinski definition) is 5. The van der Waals surface area contributed by atoms with Crippen LogP contribution in [-0.4, -0.2) is 60.0 Å². The monoisotopic (exact) mass is 283 g/mol. The molecule has 3 aliphatic rings. The molecule has 20 heavy (non-hydrogen) atoms. The van der Waals surface area contributed by atoms with E-state index >= 15 is 0 Å². The summed E-state index contributed by atoms with van der Waals surface area (Å²) < 4.78 is 6.61. The van der Waals surface area contributed by atoms with E-state index in [1.54, 1.807) is 0 Å². The van der Waals surface area contributed by atoms with Crippen LogP contribution in [0.3, 0.4) is 0 Å². The van der Waals surface area contributed by atoms with Crippen molar-refractivity contribution in [2.24, 2.45) is 0 Å². The fraction of sp³-hybridized carbons (Fsp3) is 0.500. The lowest BCUT2D eigenvalue weighted by molar-refractivity contribution is -0.0580. The standard InChI is InChI=1S/C10H13N5O5/c11-10-13-7-3(8(19)14-10)1-12-15(7)9-6(18)5(17)4(2-16)20-9/h1,4-6,9,12,16-18H,2H2,(H2,11,14,19)/t4-,5-,6-,9-/m1/s1. The number of fused-ring (bicyclic) bond motifs is 1. The minimum atomic E-state index is -1.29. The van der Waals surface area contributed by atoms with Crippen molar-refractivity contribution in [2.75, 3.05) is 12.3 Å². The van der Waals surface area contributed by atoms with Crippen molar-refractivity contribution in [3.8, 4) is 11.4 Å². The quantitative estimate of drug-likeness (QED) is 0.397. The van der Waals surface area contributed by atoms with Crippen LogP contribution in [0, 0.1) is 0 Å². The molecule has 0 radical (unpaired) electrons. The highest BCUT2D eigenvalue weighted by atomic mass is 16.6. The summed E-state index contributed by atoms with van der Waals surface area (Å²) in [6, 6.07) is 0. The molecule has 0 aromatic heterocycles. The molecule has 108 valence electrons. The SMILES string of the molecule is Nc1nc2n([C@@H]3O[C@H](CO)[C@@H](O)[C@H]3O)[nH]cc-2c(=O)n1. The summed E-state index contributed by atoms with van der Waals surface area (Å²) in [4.78, 5) is 19.0. The summed E-state index contributed by atoms with van der Waals surface area (Å²) in [5.74, 6) is -0.0556. The number of H-pyrrole nitrogens is 1. The minimum Gasteiger partial charge on any atom is -0.394 e. The number of aromatic nitrogens is 4. The van der Waals surface area contributed by atoms with E-state index in [1.165, 1.54) is 10.9 Å². The Balaban J connectivity index is 2.05. The number of anilines is 1. The molecule has 0 aromatic carbocycles. The van der Waals surface area contributed by atoms with Crippen molar-refractivity contribution < 1.29 is 20.1 Å². The predicted octanol–water partition coefficient (Wildman–Crippen LogP) is -2.74. The molecule has 3 aliphatic heterocycles. The van der Waals surface area contributed by atoms with E-state index < -0.39 is 36.7 Å². The second-order valence-electron chi connectivity index (χ2n) is 4.50. The van der Waals surface area contributed by atoms with Gasteiger partial charge in [-0.25, -0.2) is 4.68 Å². The molecule has 6 N–H and O–H groups in total. The normalized spacial score (nSPS) is 30.1. The van der Waals surface area contributed by atoms with Crippen LogP contribution in [0.1, 0.15) is 6.23 Å². The molecule has 0 spiro atoms. The van der Waals surface area contributed by atoms with Gasteiger partial charge in [0.15, 0.2) is 12.1 Å². The number of nitrogens with two attached hydrogens (primary N) is 1. The second kappa shape index (κ2) is 4.52. The average Bonchev–Trinajstić information content (AvgIpc) is 2.93. The van der Waals surface area contributed by atoms with Gasteiger partial charge in [0.2, 0.25) is 5.95 Å². The molecule has 1 fully saturated rings. The molecule has 1 saturated heterocycles. The maximum absolute atomic E-state index is 11.6. The number of ether oxygens (including phenoxy) is 1. The number of aliphatic hydroxyl groups excluding tert-OH is 3. The Hall–Kier alpha value is -2.01. The van der Waals surface area contributed by atoms with E-state index in [2.05, 4.69) is 15.1 Å². The predicted molar refractivity (Wildman–Crippen MR) is 64.7 cm³/mol. The molecule has 10 heteroatoms. The zero-order chi connectivity index (χ0) is 14.4. The van der Waals surface area contributed by atoms with E-state index in [0.717, 1.165) is 0 Å². The van der Waals surface area contributed by atoms with E-state index in [0.29, 0.717) is 0 Å². The van der Waals surface area contributed by atoms with Crippen molar-refractivity contribution in [3.63, 3.8) is 0 Å². The first-order valence-corrected chi connectivity index (χ1v) is 5.88. The Morgan fingerprint density at radius 1 is 1.40 bits per heavy atom. The summed E-state index contributed by atoms with van der Waals surface area (Å²) in [5.41, 5.74) is 5.04. The summed E-state index contributed by atoms with van der Waals surface area (Å²) in [6.45, 7) is -0.447. The Morgan fingerprint density at radius 2 is 2.15 bits per heavy atom. The molecule has 0 bridgehead atoms. The average molecular weight is 283 g/mol. The largest absolute Gasteiger partial charge is 0.394 e. The minimum absolute atomic E-state index is 0.150. The smallest absolute Gasteiger partial charge is 0.285 e. The molecule has 0 aliphatic carbocycles. The Labute approximate surface area is 111 Å². The van der Waals surface area contributed by atoms with E-state index in [4.69, 9.17) is 15.6 Å². The number of aliphatic hydroxyl groups is 3. The highest BCUT2D eigenvalue weighted by Gasteiger charge is 2.44. The first-order valence-electron chi connectivity index (χ1n) is 5.88. The van der Waals surface area contributed by atoms with Crippen molar-refractivity contribution >= 4 is 5.95 Å². The van der Waals surface area contributed by atoms with Gasteiger partial charge in [-0.05, 0) is 0 Å². The van der Waals surface area contributed by atoms with Gasteiger partial charge in [0.05, 0.1) is 6.61 Å². The summed E-state index contributed by atoms with van der Waals surface area (Å²) in [6.07, 6.45) is -3.13. The molecule has 4 atom stereocenters. The van der Waals surface area contributed by atoms with Gasteiger partial charge in [-0.3, -0.25) is 4.79 Å². The third kappa shape index (κ3) is 1.78. The lowest BCUT2D eigenvalue weighted by Crippen LogP contribution is -2.33. The van der Waals surface area contributed by atoms with Crippen LogP contribution in [0.2, 0.25) is 0 Å². The van der Waals surface area contributed by atoms with Crippen LogP contribution < -0.4 is 11.3 Å². The van der Waals surface area contributed by atoms with E-state index in [1.807, 2.05) is 0 Å². The van der Waals surface area contributed by atoms with E-state index in [-0.39, 0.29) is 17.3 Å². The number of nitrogens with zero attached hydrogens (tertiary/aromatic N) is 3. The Bertz CT molecular complexity index is 654. The second-order valence-corrected chi connectivity index (χ2v) is 4.50. The number of hydrogen-bond acceptors (Lipinski definition) is 8. The Kier molecular flexibility index (Phi) is 2.94. The lowest BCUT2D eigenvalue weighted by Gasteiger charge is -2.17. The molecule has 0 amide bonds. The first kappa shape index (κ1) is 13.0. The van der Waals surface area contributed by atoms with Gasteiger partial charge < -0.3 is 30.9 Å². The van der Waals surface area contributed by atoms with E-state index in [9.17, 15) is 15.0 Å². The third-order valence-corrected chi connectivity index (χ3v) is 3.26. The van der Waals surface area contributed by atoms with Crippen LogP contribution >= 0.6 is 0 Å². The van der Waals surface area contributed by atoms with Gasteiger partial charge in [-0.1, -0.05) is 0 Å². The zero-order valence-corrected chi connectivity index (χ0v) is 10.2. The highest BCUT2D eigenvalue weighted by Crippen LogP contribution is 2.31. The molecule has 0 aromatic rings. The van der Waals surface area contributed by atoms with Crippen molar-refractivity contribution in [3.05, 3.63) is 16.6 Å². The molecule has 0 unspecified atom stereocenters. The number of nitrogen functional groups attached to an aromatic ring is 1. The number of nitrogens with one attached hydrogen (secondary N) is 1. The van der Waals surface area contributed by atoms with Gasteiger partial charge in [0, 0.05) is 6.20 Å². The summed E-state index contributed by atoms with van der Waals surface area (Å²) >= 11 is 0. The van der Waals surface area contributed by atoms with Gasteiger partial charge in [-0.15, -0.1) is 0 Å². The lowest BCUT2D eigenvalue weighted by atomic mass is 10.1. The fourth-order valence-electron chi connectivity index (χ4n) is 2.25. The number of rotatable bonds is 2. The van der Waals surface area contributed by atoms with Crippen molar-refractivity contribution in [1.82, 2.24) is 19.7 Å². The van der Waals surface area contributed by atoms with Gasteiger partial charge in [0.1, 0.15) is 23.9 Å². The topological polar surface area (TPSA) is 160 Å². The molecule has 0 saturated carbocycles. The maximum Gasteiger partial charge on any atom is 0.285 e. The van der Waals surface area contributed by atoms with Crippen molar-refractivity contribution in [2.45, 2.75) is 24.5 Å². The molecule has 3 heterocycles. The summed E-state index contributed by atoms with van der Waals surface area (Å²) in [5, 5.41) is 31.4. The molecular formula is C10H13N5O5. The molecular weight excluding hydrogens is 270 g/mol. The van der Waals surface area contributed by atoms with Crippen LogP contribution in [-0.2, 0) is 4.74 Å². The van der Waals surface area contributed by atoms with Gasteiger partial charge >= 0.3 is 0 Å². The van der Waals surface area contributed by atoms with Gasteiger partial charge in [0.25, 0.3) is 5.56 Å². The van der Waals surface area contributed by atoms with Crippen LogP contribution in [0.4, 0.5) is 5.95 Å². The first-order chi connectivity index (χ1) is 9.52. The zero-order valence-electron chi connectivity index (χ0n) is 10.2. The van der Waals surface area contributed by atoms with Crippen LogP contribution in [0.5, 0.6) is 0 Å². The van der Waals surface area contributed by atoms with Crippen LogP contribution in [0.25, 0.3) is 11.4 Å².